The Morgan fingerprint density at radius 2 is 1.86 bits per heavy atom. The van der Waals surface area contributed by atoms with Crippen LogP contribution in [0.2, 0.25) is 0 Å². The van der Waals surface area contributed by atoms with Crippen molar-refractivity contribution in [2.45, 2.75) is 25.1 Å². The Morgan fingerprint density at radius 3 is 2.38 bits per heavy atom. The predicted molar refractivity (Wildman–Crippen MR) is 81.2 cm³/mol. The summed E-state index contributed by atoms with van der Waals surface area (Å²) < 4.78 is 37.3. The minimum Gasteiger partial charge on any atom is -0.314 e. The summed E-state index contributed by atoms with van der Waals surface area (Å²) in [6, 6.07) is 5.17. The molecular formula is C13H20Cl2F3N3. The largest absolute Gasteiger partial charge is 0.389 e. The zero-order valence-electron chi connectivity index (χ0n) is 11.5. The van der Waals surface area contributed by atoms with Gasteiger partial charge >= 0.3 is 6.18 Å². The standard InChI is InChI=1S/C13H18F3N3.2ClH/c14-13(15,16)5-4-12(11-3-1-2-6-18-11)19-9-7-17-8-10-19;;/h1-3,6,12,17H,4-5,7-10H2;2*1H/t12-;;/m0../s1. The molecule has 0 aromatic carbocycles. The second-order valence-electron chi connectivity index (χ2n) is 4.71. The Hall–Kier alpha value is -0.560. The lowest BCUT2D eigenvalue weighted by Crippen LogP contribution is -2.45. The van der Waals surface area contributed by atoms with E-state index in [0.717, 1.165) is 31.9 Å². The maximum absolute atomic E-state index is 12.4. The molecule has 0 spiro atoms. The van der Waals surface area contributed by atoms with Crippen molar-refractivity contribution in [2.24, 2.45) is 0 Å². The van der Waals surface area contributed by atoms with Crippen molar-refractivity contribution in [3.05, 3.63) is 30.1 Å². The molecule has 0 radical (unpaired) electrons. The van der Waals surface area contributed by atoms with Crippen molar-refractivity contribution in [1.29, 1.82) is 0 Å². The van der Waals surface area contributed by atoms with E-state index in [2.05, 4.69) is 15.2 Å². The van der Waals surface area contributed by atoms with Crippen LogP contribution in [0.5, 0.6) is 0 Å². The molecule has 122 valence electrons. The zero-order chi connectivity index (χ0) is 13.7. The maximum Gasteiger partial charge on any atom is 0.389 e. The van der Waals surface area contributed by atoms with Gasteiger partial charge in [0, 0.05) is 38.8 Å². The molecule has 21 heavy (non-hydrogen) atoms. The van der Waals surface area contributed by atoms with E-state index in [1.807, 2.05) is 12.1 Å². The average molecular weight is 346 g/mol. The molecule has 0 unspecified atom stereocenters. The number of nitrogens with one attached hydrogen (secondary N) is 1. The van der Waals surface area contributed by atoms with Crippen LogP contribution < -0.4 is 5.32 Å². The van der Waals surface area contributed by atoms with Crippen molar-refractivity contribution < 1.29 is 13.2 Å². The summed E-state index contributed by atoms with van der Waals surface area (Å²) in [5, 5.41) is 3.21. The van der Waals surface area contributed by atoms with Gasteiger partial charge in [-0.3, -0.25) is 9.88 Å². The molecule has 8 heteroatoms. The summed E-state index contributed by atoms with van der Waals surface area (Å²) in [5.41, 5.74) is 0.730. The zero-order valence-corrected chi connectivity index (χ0v) is 13.1. The van der Waals surface area contributed by atoms with E-state index in [0.29, 0.717) is 0 Å². The van der Waals surface area contributed by atoms with E-state index in [4.69, 9.17) is 0 Å². The topological polar surface area (TPSA) is 28.2 Å². The first-order valence-corrected chi connectivity index (χ1v) is 6.49. The molecule has 1 aliphatic heterocycles. The lowest BCUT2D eigenvalue weighted by molar-refractivity contribution is -0.138. The minimum absolute atomic E-state index is 0. The lowest BCUT2D eigenvalue weighted by Gasteiger charge is -2.34. The molecule has 0 aliphatic carbocycles. The van der Waals surface area contributed by atoms with Gasteiger partial charge in [0.15, 0.2) is 0 Å². The van der Waals surface area contributed by atoms with E-state index in [9.17, 15) is 13.2 Å². The summed E-state index contributed by atoms with van der Waals surface area (Å²) in [5.74, 6) is 0. The van der Waals surface area contributed by atoms with Crippen LogP contribution in [0.25, 0.3) is 0 Å². The van der Waals surface area contributed by atoms with Gasteiger partial charge in [-0.2, -0.15) is 13.2 Å². The Balaban J connectivity index is 0.00000200. The molecule has 1 aromatic rings. The molecule has 0 amide bonds. The van der Waals surface area contributed by atoms with Crippen molar-refractivity contribution in [3.8, 4) is 0 Å². The quantitative estimate of drug-likeness (QED) is 0.908. The third kappa shape index (κ3) is 6.82. The summed E-state index contributed by atoms with van der Waals surface area (Å²) in [4.78, 5) is 6.31. The normalized spacial score (nSPS) is 17.5. The van der Waals surface area contributed by atoms with Crippen molar-refractivity contribution in [3.63, 3.8) is 0 Å². The first-order chi connectivity index (χ1) is 9.06. The van der Waals surface area contributed by atoms with Crippen LogP contribution in [0.4, 0.5) is 13.2 Å². The number of piperazine rings is 1. The van der Waals surface area contributed by atoms with Crippen molar-refractivity contribution in [2.75, 3.05) is 26.2 Å². The Bertz CT molecular complexity index is 384. The highest BCUT2D eigenvalue weighted by atomic mass is 35.5. The molecule has 3 nitrogen and oxygen atoms in total. The van der Waals surface area contributed by atoms with E-state index < -0.39 is 12.6 Å². The fraction of sp³-hybridized carbons (Fsp3) is 0.615. The van der Waals surface area contributed by atoms with Gasteiger partial charge in [0.2, 0.25) is 0 Å². The Labute approximate surface area is 135 Å². The molecular weight excluding hydrogens is 326 g/mol. The molecule has 2 rings (SSSR count). The summed E-state index contributed by atoms with van der Waals surface area (Å²) in [6.07, 6.45) is -3.17. The number of pyridine rings is 1. The molecule has 2 heterocycles. The van der Waals surface area contributed by atoms with Gasteiger partial charge in [0.1, 0.15) is 0 Å². The fourth-order valence-electron chi connectivity index (χ4n) is 2.38. The van der Waals surface area contributed by atoms with Gasteiger partial charge in [-0.05, 0) is 18.6 Å². The highest BCUT2D eigenvalue weighted by molar-refractivity contribution is 5.85. The highest BCUT2D eigenvalue weighted by Gasteiger charge is 2.31. The Morgan fingerprint density at radius 1 is 1.19 bits per heavy atom. The third-order valence-electron chi connectivity index (χ3n) is 3.32. The molecule has 1 aliphatic rings. The van der Waals surface area contributed by atoms with Crippen LogP contribution >= 0.6 is 24.8 Å². The molecule has 1 fully saturated rings. The number of alkyl halides is 3. The monoisotopic (exact) mass is 345 g/mol. The second kappa shape index (κ2) is 9.46. The van der Waals surface area contributed by atoms with Crippen molar-refractivity contribution in [1.82, 2.24) is 15.2 Å². The van der Waals surface area contributed by atoms with Gasteiger partial charge in [-0.25, -0.2) is 0 Å². The van der Waals surface area contributed by atoms with Gasteiger partial charge in [0.25, 0.3) is 0 Å². The van der Waals surface area contributed by atoms with Crippen LogP contribution in [0, 0.1) is 0 Å². The lowest BCUT2D eigenvalue weighted by atomic mass is 10.0. The number of hydrogen-bond acceptors (Lipinski definition) is 3. The summed E-state index contributed by atoms with van der Waals surface area (Å²) >= 11 is 0. The van der Waals surface area contributed by atoms with Gasteiger partial charge < -0.3 is 5.32 Å². The van der Waals surface area contributed by atoms with E-state index in [1.54, 1.807) is 12.3 Å². The first kappa shape index (κ1) is 20.4. The van der Waals surface area contributed by atoms with Gasteiger partial charge in [-0.1, -0.05) is 6.07 Å². The predicted octanol–water partition coefficient (Wildman–Crippen LogP) is 3.21. The smallest absolute Gasteiger partial charge is 0.314 e. The molecule has 1 N–H and O–H groups in total. The molecule has 1 aromatic heterocycles. The van der Waals surface area contributed by atoms with Crippen molar-refractivity contribution >= 4 is 24.8 Å². The highest BCUT2D eigenvalue weighted by Crippen LogP contribution is 2.30. The number of nitrogens with zero attached hydrogens (tertiary/aromatic N) is 2. The molecule has 1 saturated heterocycles. The summed E-state index contributed by atoms with van der Waals surface area (Å²) in [7, 11) is 0. The van der Waals surface area contributed by atoms with Gasteiger partial charge in [0.05, 0.1) is 11.7 Å². The van der Waals surface area contributed by atoms with Gasteiger partial charge in [-0.15, -0.1) is 24.8 Å². The van der Waals surface area contributed by atoms with Crippen LogP contribution in [-0.4, -0.2) is 42.2 Å². The third-order valence-corrected chi connectivity index (χ3v) is 3.32. The van der Waals surface area contributed by atoms with Crippen LogP contribution in [0.1, 0.15) is 24.6 Å². The Kier molecular flexibility index (Phi) is 9.20. The first-order valence-electron chi connectivity index (χ1n) is 6.49. The number of hydrogen-bond donors (Lipinski definition) is 1. The second-order valence-corrected chi connectivity index (χ2v) is 4.71. The fourth-order valence-corrected chi connectivity index (χ4v) is 2.38. The van der Waals surface area contributed by atoms with Crippen LogP contribution in [0.3, 0.4) is 0 Å². The van der Waals surface area contributed by atoms with E-state index >= 15 is 0 Å². The van der Waals surface area contributed by atoms with E-state index in [-0.39, 0.29) is 37.3 Å². The van der Waals surface area contributed by atoms with Crippen LogP contribution in [0.15, 0.2) is 24.4 Å². The average Bonchev–Trinajstić information content (AvgIpc) is 2.40. The number of halogens is 5. The van der Waals surface area contributed by atoms with E-state index in [1.165, 1.54) is 0 Å². The molecule has 1 atom stereocenters. The maximum atomic E-state index is 12.4. The number of aromatic nitrogens is 1. The molecule has 0 bridgehead atoms. The molecule has 0 saturated carbocycles. The SMILES string of the molecule is Cl.Cl.FC(F)(F)CC[C@@H](c1ccccn1)N1CCNCC1. The minimum atomic E-state index is -4.11. The summed E-state index contributed by atoms with van der Waals surface area (Å²) in [6.45, 7) is 3.16. The van der Waals surface area contributed by atoms with Crippen LogP contribution in [-0.2, 0) is 0 Å². The number of rotatable bonds is 4.